The molecule has 0 spiro atoms. The number of benzene rings is 2. The van der Waals surface area contributed by atoms with Crippen LogP contribution in [0, 0.1) is 17.6 Å². The predicted octanol–water partition coefficient (Wildman–Crippen LogP) is 4.06. The number of sulfonamides is 1. The largest absolute Gasteiger partial charge is 0.452 e. The quantitative estimate of drug-likeness (QED) is 0.586. The Morgan fingerprint density at radius 2 is 1.56 bits per heavy atom. The van der Waals surface area contributed by atoms with Gasteiger partial charge in [-0.25, -0.2) is 17.2 Å². The average molecular weight is 495 g/mol. The SMILES string of the molecule is CC(OC(=O)C1CCN(S(=O)(=O)c2ccc(C(C)C)cc2)CC1)C(=O)Nc1c(F)cccc1F. The summed E-state index contributed by atoms with van der Waals surface area (Å²) in [6.07, 6.45) is -0.815. The van der Waals surface area contributed by atoms with E-state index in [1.165, 1.54) is 11.2 Å². The molecule has 0 bridgehead atoms. The molecule has 10 heteroatoms. The Morgan fingerprint density at radius 3 is 2.09 bits per heavy atom. The lowest BCUT2D eigenvalue weighted by atomic mass is 9.98. The first-order valence-corrected chi connectivity index (χ1v) is 12.5. The van der Waals surface area contributed by atoms with E-state index in [0.717, 1.165) is 23.8 Å². The van der Waals surface area contributed by atoms with Crippen LogP contribution in [0.25, 0.3) is 0 Å². The molecule has 0 saturated carbocycles. The third-order valence-corrected chi connectivity index (χ3v) is 7.76. The maximum absolute atomic E-state index is 13.7. The Hall–Kier alpha value is -2.85. The molecule has 1 aliphatic heterocycles. The van der Waals surface area contributed by atoms with Gasteiger partial charge in [0, 0.05) is 13.1 Å². The highest BCUT2D eigenvalue weighted by atomic mass is 32.2. The van der Waals surface area contributed by atoms with Crippen molar-refractivity contribution in [3.8, 4) is 0 Å². The molecular formula is C24H28F2N2O5S. The van der Waals surface area contributed by atoms with E-state index in [1.54, 1.807) is 24.3 Å². The molecule has 2 aromatic rings. The number of anilines is 1. The molecule has 1 heterocycles. The second kappa shape index (κ2) is 10.6. The second-order valence-electron chi connectivity index (χ2n) is 8.57. The number of carbonyl (C=O) groups is 2. The summed E-state index contributed by atoms with van der Waals surface area (Å²) in [5.74, 6) is -3.72. The molecule has 1 saturated heterocycles. The van der Waals surface area contributed by atoms with E-state index in [2.05, 4.69) is 5.32 Å². The minimum atomic E-state index is -3.69. The van der Waals surface area contributed by atoms with Gasteiger partial charge in [0.05, 0.1) is 10.8 Å². The van der Waals surface area contributed by atoms with Crippen molar-refractivity contribution in [3.63, 3.8) is 0 Å². The first-order valence-electron chi connectivity index (χ1n) is 11.1. The van der Waals surface area contributed by atoms with Crippen LogP contribution in [0.15, 0.2) is 47.4 Å². The summed E-state index contributed by atoms with van der Waals surface area (Å²) < 4.78 is 59.8. The van der Waals surface area contributed by atoms with Crippen LogP contribution in [-0.4, -0.2) is 43.8 Å². The fourth-order valence-corrected chi connectivity index (χ4v) is 5.14. The van der Waals surface area contributed by atoms with Gasteiger partial charge in [0.1, 0.15) is 17.3 Å². The van der Waals surface area contributed by atoms with Crippen LogP contribution < -0.4 is 5.32 Å². The van der Waals surface area contributed by atoms with E-state index in [4.69, 9.17) is 4.74 Å². The number of esters is 1. The van der Waals surface area contributed by atoms with E-state index in [0.29, 0.717) is 0 Å². The number of amides is 1. The average Bonchev–Trinajstić information content (AvgIpc) is 2.81. The fraction of sp³-hybridized carbons (Fsp3) is 0.417. The second-order valence-corrected chi connectivity index (χ2v) is 10.5. The van der Waals surface area contributed by atoms with Crippen molar-refractivity contribution in [2.45, 2.75) is 50.5 Å². The Balaban J connectivity index is 1.55. The minimum absolute atomic E-state index is 0.134. The summed E-state index contributed by atoms with van der Waals surface area (Å²) in [6.45, 7) is 5.61. The number of hydrogen-bond donors (Lipinski definition) is 1. The van der Waals surface area contributed by atoms with Crippen LogP contribution in [0.3, 0.4) is 0 Å². The molecule has 1 N–H and O–H groups in total. The number of carbonyl (C=O) groups excluding carboxylic acids is 2. The van der Waals surface area contributed by atoms with Gasteiger partial charge in [0.15, 0.2) is 6.10 Å². The highest BCUT2D eigenvalue weighted by Gasteiger charge is 2.34. The molecule has 1 amide bonds. The Bertz CT molecular complexity index is 1120. The fourth-order valence-electron chi connectivity index (χ4n) is 3.67. The molecule has 0 radical (unpaired) electrons. The maximum Gasteiger partial charge on any atom is 0.309 e. The van der Waals surface area contributed by atoms with Crippen LogP contribution in [0.5, 0.6) is 0 Å². The van der Waals surface area contributed by atoms with E-state index in [1.807, 2.05) is 13.8 Å². The van der Waals surface area contributed by atoms with Crippen LogP contribution in [0.4, 0.5) is 14.5 Å². The van der Waals surface area contributed by atoms with E-state index in [-0.39, 0.29) is 36.7 Å². The summed E-state index contributed by atoms with van der Waals surface area (Å²) in [6, 6.07) is 9.92. The van der Waals surface area contributed by atoms with E-state index in [9.17, 15) is 26.8 Å². The van der Waals surface area contributed by atoms with Gasteiger partial charge in [0.2, 0.25) is 10.0 Å². The highest BCUT2D eigenvalue weighted by Crippen LogP contribution is 2.26. The van der Waals surface area contributed by atoms with Crippen LogP contribution in [0.2, 0.25) is 0 Å². The zero-order chi connectivity index (χ0) is 25.0. The lowest BCUT2D eigenvalue weighted by Gasteiger charge is -2.30. The maximum atomic E-state index is 13.7. The lowest BCUT2D eigenvalue weighted by molar-refractivity contribution is -0.158. The van der Waals surface area contributed by atoms with Crippen LogP contribution in [-0.2, 0) is 24.3 Å². The molecule has 0 aromatic heterocycles. The number of piperidine rings is 1. The molecule has 0 aliphatic carbocycles. The van der Waals surface area contributed by atoms with Gasteiger partial charge in [-0.05, 0) is 55.5 Å². The molecule has 3 rings (SSSR count). The number of hydrogen-bond acceptors (Lipinski definition) is 5. The normalized spacial score (nSPS) is 16.3. The minimum Gasteiger partial charge on any atom is -0.452 e. The molecule has 1 unspecified atom stereocenters. The number of nitrogens with one attached hydrogen (secondary N) is 1. The molecular weight excluding hydrogens is 466 g/mol. The third-order valence-electron chi connectivity index (χ3n) is 5.84. The summed E-state index contributed by atoms with van der Waals surface area (Å²) >= 11 is 0. The molecule has 1 aliphatic rings. The van der Waals surface area contributed by atoms with Crippen molar-refractivity contribution < 1.29 is 31.5 Å². The number of ether oxygens (including phenoxy) is 1. The summed E-state index contributed by atoms with van der Waals surface area (Å²) in [4.78, 5) is 24.9. The van der Waals surface area contributed by atoms with Gasteiger partial charge in [-0.1, -0.05) is 32.0 Å². The summed E-state index contributed by atoms with van der Waals surface area (Å²) in [7, 11) is -3.69. The highest BCUT2D eigenvalue weighted by molar-refractivity contribution is 7.89. The molecule has 1 fully saturated rings. The zero-order valence-electron chi connectivity index (χ0n) is 19.3. The monoisotopic (exact) mass is 494 g/mol. The molecule has 7 nitrogen and oxygen atoms in total. The first kappa shape index (κ1) is 25.8. The number of nitrogens with zero attached hydrogens (tertiary/aromatic N) is 1. The summed E-state index contributed by atoms with van der Waals surface area (Å²) in [5, 5.41) is 2.09. The molecule has 2 aromatic carbocycles. The van der Waals surface area contributed by atoms with Gasteiger partial charge < -0.3 is 10.1 Å². The number of halogens is 2. The van der Waals surface area contributed by atoms with Crippen molar-refractivity contribution in [2.24, 2.45) is 5.92 Å². The predicted molar refractivity (Wildman–Crippen MR) is 123 cm³/mol. The van der Waals surface area contributed by atoms with Crippen molar-refractivity contribution >= 4 is 27.6 Å². The van der Waals surface area contributed by atoms with E-state index >= 15 is 0 Å². The Morgan fingerprint density at radius 1 is 1.00 bits per heavy atom. The topological polar surface area (TPSA) is 92.8 Å². The smallest absolute Gasteiger partial charge is 0.309 e. The third kappa shape index (κ3) is 5.79. The lowest BCUT2D eigenvalue weighted by Crippen LogP contribution is -2.41. The zero-order valence-corrected chi connectivity index (χ0v) is 20.1. The van der Waals surface area contributed by atoms with Gasteiger partial charge in [0.25, 0.3) is 5.91 Å². The number of rotatable bonds is 7. The summed E-state index contributed by atoms with van der Waals surface area (Å²) in [5.41, 5.74) is 0.423. The van der Waals surface area contributed by atoms with Gasteiger partial charge in [-0.15, -0.1) is 0 Å². The number of para-hydroxylation sites is 1. The van der Waals surface area contributed by atoms with Crippen LogP contribution in [0.1, 0.15) is 45.1 Å². The van der Waals surface area contributed by atoms with Crippen LogP contribution >= 0.6 is 0 Å². The van der Waals surface area contributed by atoms with Gasteiger partial charge in [-0.2, -0.15) is 4.31 Å². The first-order chi connectivity index (χ1) is 16.0. The Kier molecular flexibility index (Phi) is 8.04. The molecule has 184 valence electrons. The van der Waals surface area contributed by atoms with Crippen molar-refractivity contribution in [3.05, 3.63) is 59.7 Å². The molecule has 1 atom stereocenters. The Labute approximate surface area is 198 Å². The van der Waals surface area contributed by atoms with E-state index < -0.39 is 51.2 Å². The van der Waals surface area contributed by atoms with Gasteiger partial charge >= 0.3 is 5.97 Å². The molecule has 34 heavy (non-hydrogen) atoms. The van der Waals surface area contributed by atoms with Gasteiger partial charge in [-0.3, -0.25) is 9.59 Å². The van der Waals surface area contributed by atoms with Crippen molar-refractivity contribution in [1.82, 2.24) is 4.31 Å². The standard InChI is InChI=1S/C24H28F2N2O5S/c1-15(2)17-7-9-19(10-8-17)34(31,32)28-13-11-18(12-14-28)24(30)33-16(3)23(29)27-22-20(25)5-4-6-21(22)26/h4-10,15-16,18H,11-14H2,1-3H3,(H,27,29). The van der Waals surface area contributed by atoms with Crippen molar-refractivity contribution in [2.75, 3.05) is 18.4 Å². The van der Waals surface area contributed by atoms with Crippen molar-refractivity contribution in [1.29, 1.82) is 0 Å².